The molecule has 1 aliphatic rings. The lowest BCUT2D eigenvalue weighted by Gasteiger charge is -2.13. The molecule has 0 spiro atoms. The summed E-state index contributed by atoms with van der Waals surface area (Å²) < 4.78 is 0. The molecule has 0 aromatic heterocycles. The average molecular weight is 204 g/mol. The molecule has 1 aliphatic carbocycles. The van der Waals surface area contributed by atoms with Crippen LogP contribution < -0.4 is 0 Å². The second-order valence-electron chi connectivity index (χ2n) is 5.50. The zero-order valence-corrected chi connectivity index (χ0v) is 9.83. The minimum absolute atomic E-state index is 0.166. The van der Waals surface area contributed by atoms with E-state index in [-0.39, 0.29) is 6.10 Å². The van der Waals surface area contributed by atoms with Gasteiger partial charge in [-0.3, -0.25) is 0 Å². The summed E-state index contributed by atoms with van der Waals surface area (Å²) in [5.41, 5.74) is 2.94. The third kappa shape index (κ3) is 2.23. The van der Waals surface area contributed by atoms with Crippen LogP contribution in [0.3, 0.4) is 0 Å². The molecular formula is C14H20O. The highest BCUT2D eigenvalue weighted by Gasteiger charge is 2.49. The van der Waals surface area contributed by atoms with Crippen LogP contribution in [0.2, 0.25) is 0 Å². The van der Waals surface area contributed by atoms with E-state index < -0.39 is 0 Å². The molecule has 1 heteroatoms. The maximum atomic E-state index is 10.1. The Morgan fingerprint density at radius 3 is 2.53 bits per heavy atom. The average Bonchev–Trinajstić information content (AvgIpc) is 2.79. The fourth-order valence-corrected chi connectivity index (χ4v) is 2.37. The Bertz CT molecular complexity index is 354. The van der Waals surface area contributed by atoms with Crippen molar-refractivity contribution in [2.45, 2.75) is 39.7 Å². The number of aliphatic hydroxyl groups excluding tert-OH is 1. The number of hydrogen-bond acceptors (Lipinski definition) is 1. The molecular weight excluding hydrogens is 184 g/mol. The first-order valence-electron chi connectivity index (χ1n) is 5.73. The normalized spacial score (nSPS) is 24.9. The molecule has 1 nitrogen and oxygen atoms in total. The lowest BCUT2D eigenvalue weighted by Crippen LogP contribution is -2.16. The summed E-state index contributed by atoms with van der Waals surface area (Å²) in [6, 6.07) is 8.33. The first kappa shape index (κ1) is 10.7. The second-order valence-corrected chi connectivity index (χ2v) is 5.50. The SMILES string of the molecule is Cc1ccccc1CC(O)C1CC1(C)C. The van der Waals surface area contributed by atoms with Crippen LogP contribution >= 0.6 is 0 Å². The summed E-state index contributed by atoms with van der Waals surface area (Å²) in [5, 5.41) is 10.1. The predicted octanol–water partition coefficient (Wildman–Crippen LogP) is 2.94. The Hall–Kier alpha value is -0.820. The molecule has 0 bridgehead atoms. The number of aliphatic hydroxyl groups is 1. The van der Waals surface area contributed by atoms with Crippen molar-refractivity contribution in [3.8, 4) is 0 Å². The van der Waals surface area contributed by atoms with Gasteiger partial charge in [0.2, 0.25) is 0 Å². The van der Waals surface area contributed by atoms with Crippen LogP contribution in [0, 0.1) is 18.3 Å². The zero-order valence-electron chi connectivity index (χ0n) is 9.83. The van der Waals surface area contributed by atoms with E-state index >= 15 is 0 Å². The highest BCUT2D eigenvalue weighted by molar-refractivity contribution is 5.26. The van der Waals surface area contributed by atoms with Gasteiger partial charge in [0, 0.05) is 0 Å². The van der Waals surface area contributed by atoms with Gasteiger partial charge in [-0.25, -0.2) is 0 Å². The molecule has 2 unspecified atom stereocenters. The van der Waals surface area contributed by atoms with E-state index in [0.29, 0.717) is 11.3 Å². The molecule has 0 radical (unpaired) electrons. The molecule has 1 saturated carbocycles. The molecule has 0 amide bonds. The summed E-state index contributed by atoms with van der Waals surface area (Å²) in [6.45, 7) is 6.58. The van der Waals surface area contributed by atoms with Crippen molar-refractivity contribution in [1.82, 2.24) is 0 Å². The van der Waals surface area contributed by atoms with Crippen LogP contribution in [-0.2, 0) is 6.42 Å². The first-order chi connectivity index (χ1) is 7.00. The number of rotatable bonds is 3. The topological polar surface area (TPSA) is 20.2 Å². The summed E-state index contributed by atoms with van der Waals surface area (Å²) in [6.07, 6.45) is 1.81. The van der Waals surface area contributed by atoms with E-state index in [9.17, 15) is 5.11 Å². The van der Waals surface area contributed by atoms with Gasteiger partial charge in [0.15, 0.2) is 0 Å². The van der Waals surface area contributed by atoms with Gasteiger partial charge >= 0.3 is 0 Å². The van der Waals surface area contributed by atoms with E-state index in [1.54, 1.807) is 0 Å². The van der Waals surface area contributed by atoms with E-state index in [1.807, 2.05) is 12.1 Å². The lowest BCUT2D eigenvalue weighted by molar-refractivity contribution is 0.136. The molecule has 15 heavy (non-hydrogen) atoms. The maximum absolute atomic E-state index is 10.1. The Kier molecular flexibility index (Phi) is 2.59. The Morgan fingerprint density at radius 1 is 1.40 bits per heavy atom. The fourth-order valence-electron chi connectivity index (χ4n) is 2.37. The van der Waals surface area contributed by atoms with Crippen molar-refractivity contribution in [1.29, 1.82) is 0 Å². The number of aryl methyl sites for hydroxylation is 1. The molecule has 82 valence electrons. The largest absolute Gasteiger partial charge is 0.392 e. The maximum Gasteiger partial charge on any atom is 0.0614 e. The lowest BCUT2D eigenvalue weighted by atomic mass is 9.97. The van der Waals surface area contributed by atoms with Gasteiger partial charge in [0.25, 0.3) is 0 Å². The molecule has 0 aliphatic heterocycles. The van der Waals surface area contributed by atoms with Gasteiger partial charge < -0.3 is 5.11 Å². The third-order valence-electron chi connectivity index (χ3n) is 3.74. The molecule has 2 atom stereocenters. The highest BCUT2D eigenvalue weighted by Crippen LogP contribution is 2.54. The van der Waals surface area contributed by atoms with E-state index in [1.165, 1.54) is 17.5 Å². The zero-order chi connectivity index (χ0) is 11.1. The van der Waals surface area contributed by atoms with Crippen molar-refractivity contribution in [2.24, 2.45) is 11.3 Å². The van der Waals surface area contributed by atoms with Crippen LogP contribution in [0.15, 0.2) is 24.3 Å². The molecule has 1 aromatic carbocycles. The van der Waals surface area contributed by atoms with E-state index in [2.05, 4.69) is 32.9 Å². The van der Waals surface area contributed by atoms with Crippen LogP contribution in [-0.4, -0.2) is 11.2 Å². The molecule has 0 saturated heterocycles. The summed E-state index contributed by atoms with van der Waals surface area (Å²) in [7, 11) is 0. The number of hydrogen-bond donors (Lipinski definition) is 1. The third-order valence-corrected chi connectivity index (χ3v) is 3.74. The van der Waals surface area contributed by atoms with Crippen LogP contribution in [0.25, 0.3) is 0 Å². The van der Waals surface area contributed by atoms with E-state index in [0.717, 1.165) is 6.42 Å². The molecule has 1 N–H and O–H groups in total. The summed E-state index contributed by atoms with van der Waals surface area (Å²) in [4.78, 5) is 0. The van der Waals surface area contributed by atoms with Gasteiger partial charge in [-0.05, 0) is 42.2 Å². The van der Waals surface area contributed by atoms with Gasteiger partial charge in [-0.15, -0.1) is 0 Å². The van der Waals surface area contributed by atoms with E-state index in [4.69, 9.17) is 0 Å². The van der Waals surface area contributed by atoms with Gasteiger partial charge in [0.05, 0.1) is 6.10 Å². The van der Waals surface area contributed by atoms with Crippen LogP contribution in [0.1, 0.15) is 31.4 Å². The molecule has 1 fully saturated rings. The molecule has 0 heterocycles. The molecule has 1 aromatic rings. The Labute approximate surface area is 92.1 Å². The minimum atomic E-state index is -0.166. The van der Waals surface area contributed by atoms with Crippen molar-refractivity contribution in [3.05, 3.63) is 35.4 Å². The van der Waals surface area contributed by atoms with Gasteiger partial charge in [-0.2, -0.15) is 0 Å². The second kappa shape index (κ2) is 3.64. The summed E-state index contributed by atoms with van der Waals surface area (Å²) >= 11 is 0. The smallest absolute Gasteiger partial charge is 0.0614 e. The first-order valence-corrected chi connectivity index (χ1v) is 5.73. The van der Waals surface area contributed by atoms with Crippen molar-refractivity contribution < 1.29 is 5.11 Å². The van der Waals surface area contributed by atoms with Gasteiger partial charge in [0.1, 0.15) is 0 Å². The minimum Gasteiger partial charge on any atom is -0.392 e. The number of benzene rings is 1. The van der Waals surface area contributed by atoms with Crippen LogP contribution in [0.4, 0.5) is 0 Å². The fraction of sp³-hybridized carbons (Fsp3) is 0.571. The van der Waals surface area contributed by atoms with Crippen LogP contribution in [0.5, 0.6) is 0 Å². The summed E-state index contributed by atoms with van der Waals surface area (Å²) in [5.74, 6) is 0.497. The highest BCUT2D eigenvalue weighted by atomic mass is 16.3. The Morgan fingerprint density at radius 2 is 2.00 bits per heavy atom. The quantitative estimate of drug-likeness (QED) is 0.802. The monoisotopic (exact) mass is 204 g/mol. The van der Waals surface area contributed by atoms with Crippen molar-refractivity contribution >= 4 is 0 Å². The van der Waals surface area contributed by atoms with Gasteiger partial charge in [-0.1, -0.05) is 38.1 Å². The predicted molar refractivity (Wildman–Crippen MR) is 62.8 cm³/mol. The Balaban J connectivity index is 2.01. The van der Waals surface area contributed by atoms with Crippen molar-refractivity contribution in [3.63, 3.8) is 0 Å². The standard InChI is InChI=1S/C14H20O/c1-10-6-4-5-7-11(10)8-13(15)12-9-14(12,2)3/h4-7,12-13,15H,8-9H2,1-3H3. The molecule has 2 rings (SSSR count). The van der Waals surface area contributed by atoms with Crippen molar-refractivity contribution in [2.75, 3.05) is 0 Å².